The van der Waals surface area contributed by atoms with E-state index in [9.17, 15) is 0 Å². The van der Waals surface area contributed by atoms with Crippen LogP contribution in [0.15, 0.2) is 66.2 Å². The van der Waals surface area contributed by atoms with Crippen LogP contribution >= 0.6 is 0 Å². The minimum absolute atomic E-state index is 0.338. The fourth-order valence-electron chi connectivity index (χ4n) is 5.80. The second-order valence-electron chi connectivity index (χ2n) is 10.8. The minimum Gasteiger partial charge on any atom is -0.486 e. The van der Waals surface area contributed by atoms with E-state index in [0.717, 1.165) is 95.7 Å². The molecule has 7 rings (SSSR count). The lowest BCUT2D eigenvalue weighted by atomic mass is 9.94. The van der Waals surface area contributed by atoms with E-state index >= 15 is 0 Å². The third-order valence-corrected chi connectivity index (χ3v) is 7.93. The van der Waals surface area contributed by atoms with Crippen LogP contribution in [0.2, 0.25) is 0 Å². The summed E-state index contributed by atoms with van der Waals surface area (Å²) in [6.45, 7) is 12.8. The van der Waals surface area contributed by atoms with Crippen molar-refractivity contribution in [2.75, 3.05) is 0 Å². The van der Waals surface area contributed by atoms with Gasteiger partial charge < -0.3 is 14.7 Å². The van der Waals surface area contributed by atoms with Crippen molar-refractivity contribution in [1.29, 1.82) is 0 Å². The van der Waals surface area contributed by atoms with Gasteiger partial charge in [-0.05, 0) is 52.6 Å². The molecular weight excluding hydrogens is 494 g/mol. The number of imidazole rings is 2. The molecule has 0 amide bonds. The van der Waals surface area contributed by atoms with Gasteiger partial charge in [0.1, 0.15) is 24.0 Å². The second kappa shape index (κ2) is 9.19. The van der Waals surface area contributed by atoms with Crippen LogP contribution in [0.1, 0.15) is 49.6 Å². The van der Waals surface area contributed by atoms with Gasteiger partial charge in [0, 0.05) is 34.9 Å². The topological polar surface area (TPSA) is 78.9 Å². The first-order valence-corrected chi connectivity index (χ1v) is 13.9. The zero-order valence-corrected chi connectivity index (χ0v) is 23.2. The Bertz CT molecular complexity index is 2010. The van der Waals surface area contributed by atoms with Crippen LogP contribution in [0.25, 0.3) is 55.0 Å². The van der Waals surface area contributed by atoms with Crippen molar-refractivity contribution in [2.45, 2.75) is 46.6 Å². The lowest BCUT2D eigenvalue weighted by Crippen LogP contribution is -2.05. The number of aliphatic imine (C=N–C) groups is 1. The van der Waals surface area contributed by atoms with Gasteiger partial charge in [-0.3, -0.25) is 4.99 Å². The molecule has 0 saturated carbocycles. The first-order chi connectivity index (χ1) is 19.5. The highest BCUT2D eigenvalue weighted by atomic mass is 16.5. The van der Waals surface area contributed by atoms with Crippen LogP contribution in [-0.4, -0.2) is 26.2 Å². The normalized spacial score (nSPS) is 12.9. The molecular formula is C34H31N5O. The molecule has 6 aromatic rings. The van der Waals surface area contributed by atoms with Gasteiger partial charge in [0.05, 0.1) is 28.1 Å². The van der Waals surface area contributed by atoms with E-state index in [0.29, 0.717) is 12.5 Å². The number of hydrogen-bond acceptors (Lipinski definition) is 4. The summed E-state index contributed by atoms with van der Waals surface area (Å²) in [6, 6.07) is 17.5. The monoisotopic (exact) mass is 525 g/mol. The molecule has 0 bridgehead atoms. The number of aromatic nitrogens is 4. The number of allylic oxidation sites excluding steroid dienone is 1. The fraction of sp³-hybridized carbons (Fsp3) is 0.206. The molecule has 198 valence electrons. The Kier molecular flexibility index (Phi) is 5.59. The maximum absolute atomic E-state index is 6.27. The van der Waals surface area contributed by atoms with Gasteiger partial charge in [0.25, 0.3) is 0 Å². The van der Waals surface area contributed by atoms with Crippen molar-refractivity contribution >= 4 is 44.5 Å². The SMILES string of the molecule is C=CC=Nc1c(C)c2cc(-c3ccc4c5c(ccc4c3)-c3nc(C(C)C)[nH]c3CO5)ccc2c2nc(CC)[nH]c12. The highest BCUT2D eigenvalue weighted by Crippen LogP contribution is 2.43. The lowest BCUT2D eigenvalue weighted by Gasteiger charge is -2.19. The molecule has 40 heavy (non-hydrogen) atoms. The number of hydrogen-bond donors (Lipinski definition) is 2. The quantitative estimate of drug-likeness (QED) is 0.221. The highest BCUT2D eigenvalue weighted by Gasteiger charge is 2.24. The molecule has 1 aliphatic rings. The summed E-state index contributed by atoms with van der Waals surface area (Å²) in [6.07, 6.45) is 4.28. The molecule has 0 saturated heterocycles. The van der Waals surface area contributed by atoms with Gasteiger partial charge >= 0.3 is 0 Å². The van der Waals surface area contributed by atoms with E-state index in [2.05, 4.69) is 92.8 Å². The number of nitrogens with zero attached hydrogens (tertiary/aromatic N) is 3. The molecule has 6 nitrogen and oxygen atoms in total. The van der Waals surface area contributed by atoms with Crippen molar-refractivity contribution in [3.8, 4) is 28.1 Å². The Balaban J connectivity index is 1.36. The third-order valence-electron chi connectivity index (χ3n) is 7.93. The Labute approximate surface area is 232 Å². The molecule has 1 aliphatic heterocycles. The van der Waals surface area contributed by atoms with E-state index in [-0.39, 0.29) is 0 Å². The van der Waals surface area contributed by atoms with Gasteiger partial charge in [-0.1, -0.05) is 63.8 Å². The van der Waals surface area contributed by atoms with Crippen LogP contribution in [0.5, 0.6) is 5.75 Å². The van der Waals surface area contributed by atoms with Crippen molar-refractivity contribution in [2.24, 2.45) is 4.99 Å². The number of ether oxygens (including phenoxy) is 1. The average molecular weight is 526 g/mol. The second-order valence-corrected chi connectivity index (χ2v) is 10.8. The smallest absolute Gasteiger partial charge is 0.137 e. The Morgan fingerprint density at radius 2 is 1.80 bits per heavy atom. The summed E-state index contributed by atoms with van der Waals surface area (Å²) < 4.78 is 6.27. The van der Waals surface area contributed by atoms with Gasteiger partial charge in [-0.2, -0.15) is 0 Å². The summed E-state index contributed by atoms with van der Waals surface area (Å²) in [5, 5.41) is 4.52. The van der Waals surface area contributed by atoms with Crippen LogP contribution in [-0.2, 0) is 13.0 Å². The van der Waals surface area contributed by atoms with Gasteiger partial charge in [-0.25, -0.2) is 9.97 Å². The molecule has 0 unspecified atom stereocenters. The van der Waals surface area contributed by atoms with Crippen molar-refractivity contribution in [1.82, 2.24) is 19.9 Å². The minimum atomic E-state index is 0.338. The van der Waals surface area contributed by atoms with E-state index < -0.39 is 0 Å². The predicted molar refractivity (Wildman–Crippen MR) is 165 cm³/mol. The van der Waals surface area contributed by atoms with Crippen molar-refractivity contribution < 1.29 is 4.74 Å². The summed E-state index contributed by atoms with van der Waals surface area (Å²) >= 11 is 0. The Morgan fingerprint density at radius 1 is 1.00 bits per heavy atom. The Morgan fingerprint density at radius 3 is 2.58 bits per heavy atom. The summed E-state index contributed by atoms with van der Waals surface area (Å²) in [7, 11) is 0. The van der Waals surface area contributed by atoms with Gasteiger partial charge in [0.2, 0.25) is 0 Å². The zero-order valence-electron chi connectivity index (χ0n) is 23.2. The van der Waals surface area contributed by atoms with Crippen molar-refractivity contribution in [3.05, 3.63) is 84.1 Å². The van der Waals surface area contributed by atoms with Gasteiger partial charge in [0.15, 0.2) is 0 Å². The Hall–Kier alpha value is -4.71. The number of benzene rings is 4. The number of aromatic amines is 2. The maximum atomic E-state index is 6.27. The molecule has 0 fully saturated rings. The molecule has 2 N–H and O–H groups in total. The van der Waals surface area contributed by atoms with Crippen LogP contribution < -0.4 is 4.74 Å². The van der Waals surface area contributed by atoms with E-state index in [1.807, 2.05) is 0 Å². The maximum Gasteiger partial charge on any atom is 0.137 e. The number of nitrogens with one attached hydrogen (secondary N) is 2. The summed E-state index contributed by atoms with van der Waals surface area (Å²) in [4.78, 5) is 21.5. The largest absolute Gasteiger partial charge is 0.486 e. The number of aryl methyl sites for hydroxylation is 2. The van der Waals surface area contributed by atoms with Crippen LogP contribution in [0.3, 0.4) is 0 Å². The molecule has 0 spiro atoms. The number of H-pyrrole nitrogens is 2. The first-order valence-electron chi connectivity index (χ1n) is 13.9. The molecule has 0 atom stereocenters. The van der Waals surface area contributed by atoms with Crippen LogP contribution in [0, 0.1) is 6.92 Å². The molecule has 0 radical (unpaired) electrons. The molecule has 3 heterocycles. The van der Waals surface area contributed by atoms with E-state index in [1.165, 1.54) is 0 Å². The van der Waals surface area contributed by atoms with E-state index in [1.54, 1.807) is 12.3 Å². The molecule has 2 aromatic heterocycles. The molecule has 0 aliphatic carbocycles. The van der Waals surface area contributed by atoms with Crippen LogP contribution in [0.4, 0.5) is 5.69 Å². The highest BCUT2D eigenvalue weighted by molar-refractivity contribution is 6.13. The van der Waals surface area contributed by atoms with Gasteiger partial charge in [-0.15, -0.1) is 0 Å². The number of fused-ring (bicyclic) bond motifs is 8. The third kappa shape index (κ3) is 3.67. The first kappa shape index (κ1) is 24.3. The summed E-state index contributed by atoms with van der Waals surface area (Å²) in [5.74, 6) is 3.21. The van der Waals surface area contributed by atoms with E-state index in [4.69, 9.17) is 19.7 Å². The molecule has 6 heteroatoms. The zero-order chi connectivity index (χ0) is 27.5. The predicted octanol–water partition coefficient (Wildman–Crippen LogP) is 8.70. The summed E-state index contributed by atoms with van der Waals surface area (Å²) in [5.41, 5.74) is 9.37. The van der Waals surface area contributed by atoms with Crippen molar-refractivity contribution in [3.63, 3.8) is 0 Å². The lowest BCUT2D eigenvalue weighted by molar-refractivity contribution is 0.301. The number of rotatable bonds is 5. The molecule has 4 aromatic carbocycles. The average Bonchev–Trinajstić information content (AvgIpc) is 3.62. The fourth-order valence-corrected chi connectivity index (χ4v) is 5.80. The standard InChI is InChI=1S/C34H31N5O/c1-6-14-35-29-19(5)26-16-21(9-12-24(26)31-32(29)38-28(7-2)37-31)20-8-11-23-22(15-20)10-13-25-30-27(17-40-33(23)25)36-34(39-30)18(3)4/h6,8-16,18H,1,7,17H2,2-5H3,(H,36,39)(H,37,38).